The van der Waals surface area contributed by atoms with Crippen molar-refractivity contribution in [3.05, 3.63) is 92.0 Å². The van der Waals surface area contributed by atoms with Gasteiger partial charge >= 0.3 is 4.87 Å². The van der Waals surface area contributed by atoms with E-state index in [1.807, 2.05) is 51.1 Å². The number of hydrogen-bond acceptors (Lipinski definition) is 5. The van der Waals surface area contributed by atoms with E-state index in [-0.39, 0.29) is 9.77 Å². The Kier molecular flexibility index (Phi) is 6.04. The molecule has 5 rings (SSSR count). The van der Waals surface area contributed by atoms with Gasteiger partial charge in [-0.2, -0.15) is 0 Å². The minimum absolute atomic E-state index is 0.128. The number of hydrogen-bond donors (Lipinski definition) is 1. The standard InChI is InChI=1S/C26H25ClN2O4S2/c1-16-4-10-20-21(14-26(2,3)33-23(20)12-16)28-35(31,32)19-9-11-22-24(13-19)34-25(30)29(22)15-17-5-7-18(27)8-6-17/h4-13,21,28H,14-15H2,1-3H3. The normalized spacial score (nSPS) is 17.2. The Hall–Kier alpha value is -2.65. The lowest BCUT2D eigenvalue weighted by molar-refractivity contribution is 0.0701. The summed E-state index contributed by atoms with van der Waals surface area (Å²) in [7, 11) is -3.85. The second-order valence-electron chi connectivity index (χ2n) is 9.49. The highest BCUT2D eigenvalue weighted by Gasteiger charge is 2.36. The lowest BCUT2D eigenvalue weighted by Crippen LogP contribution is -2.41. The Labute approximate surface area is 213 Å². The van der Waals surface area contributed by atoms with E-state index in [1.54, 1.807) is 34.9 Å². The highest BCUT2D eigenvalue weighted by atomic mass is 35.5. The Morgan fingerprint density at radius 3 is 2.60 bits per heavy atom. The molecule has 0 aliphatic carbocycles. The number of nitrogens with one attached hydrogen (secondary N) is 1. The summed E-state index contributed by atoms with van der Waals surface area (Å²) in [6.45, 7) is 6.26. The average Bonchev–Trinajstić information content (AvgIpc) is 3.08. The van der Waals surface area contributed by atoms with Gasteiger partial charge in [-0.15, -0.1) is 0 Å². The van der Waals surface area contributed by atoms with Crippen molar-refractivity contribution >= 4 is 43.2 Å². The lowest BCUT2D eigenvalue weighted by atomic mass is 9.90. The molecule has 0 bridgehead atoms. The summed E-state index contributed by atoms with van der Waals surface area (Å²) in [6, 6.07) is 17.5. The molecule has 0 amide bonds. The fraction of sp³-hybridized carbons (Fsp3) is 0.269. The first-order valence-corrected chi connectivity index (χ1v) is 13.9. The van der Waals surface area contributed by atoms with Gasteiger partial charge in [-0.3, -0.25) is 9.36 Å². The van der Waals surface area contributed by atoms with Crippen molar-refractivity contribution in [2.24, 2.45) is 0 Å². The van der Waals surface area contributed by atoms with Crippen LogP contribution in [0, 0.1) is 6.92 Å². The maximum absolute atomic E-state index is 13.4. The molecule has 1 aliphatic heterocycles. The van der Waals surface area contributed by atoms with Crippen LogP contribution in [0.2, 0.25) is 5.02 Å². The highest BCUT2D eigenvalue weighted by molar-refractivity contribution is 7.89. The molecule has 1 atom stereocenters. The van der Waals surface area contributed by atoms with Gasteiger partial charge in [-0.05, 0) is 68.3 Å². The van der Waals surface area contributed by atoms with E-state index in [4.69, 9.17) is 16.3 Å². The number of aromatic nitrogens is 1. The second kappa shape index (κ2) is 8.78. The third-order valence-corrected chi connectivity index (χ3v) is 8.79. The minimum atomic E-state index is -3.85. The number of rotatable bonds is 5. The predicted octanol–water partition coefficient (Wildman–Crippen LogP) is 5.65. The van der Waals surface area contributed by atoms with Crippen molar-refractivity contribution in [3.8, 4) is 5.75 Å². The molecule has 35 heavy (non-hydrogen) atoms. The molecule has 1 N–H and O–H groups in total. The van der Waals surface area contributed by atoms with Crippen molar-refractivity contribution in [2.75, 3.05) is 0 Å². The topological polar surface area (TPSA) is 77.4 Å². The fourth-order valence-corrected chi connectivity index (χ4v) is 6.83. The molecule has 0 saturated heterocycles. The average molecular weight is 529 g/mol. The molecular weight excluding hydrogens is 504 g/mol. The van der Waals surface area contributed by atoms with Crippen molar-refractivity contribution in [2.45, 2.75) is 50.3 Å². The molecule has 3 aromatic carbocycles. The summed E-state index contributed by atoms with van der Waals surface area (Å²) < 4.78 is 38.0. The highest BCUT2D eigenvalue weighted by Crippen LogP contribution is 2.40. The summed E-state index contributed by atoms with van der Waals surface area (Å²) in [6.07, 6.45) is 0.495. The first-order chi connectivity index (χ1) is 16.5. The third kappa shape index (κ3) is 4.89. The van der Waals surface area contributed by atoms with Crippen LogP contribution in [0.4, 0.5) is 0 Å². The molecule has 1 unspecified atom stereocenters. The number of nitrogens with zero attached hydrogens (tertiary/aromatic N) is 1. The summed E-state index contributed by atoms with van der Waals surface area (Å²) in [5, 5.41) is 0.629. The largest absolute Gasteiger partial charge is 0.487 e. The number of thiazole rings is 1. The zero-order valence-electron chi connectivity index (χ0n) is 19.5. The number of ether oxygens (including phenoxy) is 1. The van der Waals surface area contributed by atoms with Crippen molar-refractivity contribution in [1.29, 1.82) is 0 Å². The quantitative estimate of drug-likeness (QED) is 0.363. The van der Waals surface area contributed by atoms with Gasteiger partial charge in [0.05, 0.1) is 27.7 Å². The molecule has 0 spiro atoms. The number of benzene rings is 3. The first-order valence-electron chi connectivity index (χ1n) is 11.2. The first kappa shape index (κ1) is 24.1. The molecule has 1 aliphatic rings. The van der Waals surface area contributed by atoms with Crippen molar-refractivity contribution in [1.82, 2.24) is 9.29 Å². The Morgan fingerprint density at radius 1 is 1.11 bits per heavy atom. The molecule has 4 aromatic rings. The Bertz CT molecular complexity index is 1590. The van der Waals surface area contributed by atoms with Crippen LogP contribution in [0.1, 0.15) is 43.0 Å². The number of aryl methyl sites for hydroxylation is 1. The fourth-order valence-electron chi connectivity index (χ4n) is 4.46. The van der Waals surface area contributed by atoms with Crippen LogP contribution in [0.25, 0.3) is 10.2 Å². The van der Waals surface area contributed by atoms with Crippen molar-refractivity contribution in [3.63, 3.8) is 0 Å². The maximum Gasteiger partial charge on any atom is 0.308 e. The van der Waals surface area contributed by atoms with E-state index in [2.05, 4.69) is 4.72 Å². The number of fused-ring (bicyclic) bond motifs is 2. The molecule has 0 radical (unpaired) electrons. The van der Waals surface area contributed by atoms with E-state index in [9.17, 15) is 13.2 Å². The molecular formula is C26H25ClN2O4S2. The second-order valence-corrected chi connectivity index (χ2v) is 12.6. The third-order valence-electron chi connectivity index (χ3n) is 6.13. The summed E-state index contributed by atoms with van der Waals surface area (Å²) >= 11 is 7.00. The van der Waals surface area contributed by atoms with Gasteiger partial charge in [-0.25, -0.2) is 13.1 Å². The van der Waals surface area contributed by atoms with E-state index in [1.165, 1.54) is 0 Å². The summed E-state index contributed by atoms with van der Waals surface area (Å²) in [4.78, 5) is 12.7. The summed E-state index contributed by atoms with van der Waals surface area (Å²) in [5.74, 6) is 0.696. The molecule has 0 fully saturated rings. The Morgan fingerprint density at radius 2 is 1.86 bits per heavy atom. The monoisotopic (exact) mass is 528 g/mol. The molecule has 9 heteroatoms. The predicted molar refractivity (Wildman–Crippen MR) is 140 cm³/mol. The number of halogens is 1. The van der Waals surface area contributed by atoms with Crippen LogP contribution in [0.3, 0.4) is 0 Å². The molecule has 0 saturated carbocycles. The molecule has 1 aromatic heterocycles. The zero-order chi connectivity index (χ0) is 25.0. The van der Waals surface area contributed by atoms with Crippen LogP contribution in [0.15, 0.2) is 70.4 Å². The van der Waals surface area contributed by atoms with E-state index < -0.39 is 21.7 Å². The SMILES string of the molecule is Cc1ccc2c(c1)OC(C)(C)CC2NS(=O)(=O)c1ccc2c(c1)sc(=O)n2Cc1ccc(Cl)cc1. The van der Waals surface area contributed by atoms with E-state index in [0.717, 1.165) is 28.0 Å². The van der Waals surface area contributed by atoms with E-state index in [0.29, 0.717) is 34.0 Å². The van der Waals surface area contributed by atoms with Gasteiger partial charge in [0.2, 0.25) is 10.0 Å². The lowest BCUT2D eigenvalue weighted by Gasteiger charge is -2.38. The number of sulfonamides is 1. The van der Waals surface area contributed by atoms with Gasteiger partial charge in [-0.1, -0.05) is 47.2 Å². The van der Waals surface area contributed by atoms with Crippen LogP contribution in [-0.4, -0.2) is 18.6 Å². The Balaban J connectivity index is 1.46. The van der Waals surface area contributed by atoms with Crippen LogP contribution < -0.4 is 14.3 Å². The maximum atomic E-state index is 13.4. The van der Waals surface area contributed by atoms with Crippen LogP contribution in [-0.2, 0) is 16.6 Å². The summed E-state index contributed by atoms with van der Waals surface area (Å²) in [5.41, 5.74) is 2.98. The van der Waals surface area contributed by atoms with Gasteiger partial charge in [0.15, 0.2) is 0 Å². The van der Waals surface area contributed by atoms with Crippen LogP contribution in [0.5, 0.6) is 5.75 Å². The molecule has 6 nitrogen and oxygen atoms in total. The van der Waals surface area contributed by atoms with Gasteiger partial charge in [0.25, 0.3) is 0 Å². The molecule has 2 heterocycles. The van der Waals surface area contributed by atoms with E-state index >= 15 is 0 Å². The van der Waals surface area contributed by atoms with Gasteiger partial charge in [0.1, 0.15) is 11.4 Å². The van der Waals surface area contributed by atoms with Crippen LogP contribution >= 0.6 is 22.9 Å². The smallest absolute Gasteiger partial charge is 0.308 e. The van der Waals surface area contributed by atoms with Gasteiger partial charge in [0, 0.05) is 17.0 Å². The minimum Gasteiger partial charge on any atom is -0.487 e. The van der Waals surface area contributed by atoms with Crippen molar-refractivity contribution < 1.29 is 13.2 Å². The van der Waals surface area contributed by atoms with Gasteiger partial charge < -0.3 is 4.74 Å². The molecule has 182 valence electrons. The zero-order valence-corrected chi connectivity index (χ0v) is 21.9.